The Balaban J connectivity index is 1.81. The molecule has 10 atom stereocenters. The van der Waals surface area contributed by atoms with Gasteiger partial charge in [-0.1, -0.05) is 114 Å². The zero-order valence-electron chi connectivity index (χ0n) is 43.5. The minimum Gasteiger partial charge on any atom is -0.480 e. The zero-order chi connectivity index (χ0) is 55.0. The van der Waals surface area contributed by atoms with E-state index in [9.17, 15) is 53.4 Å². The highest BCUT2D eigenvalue weighted by atomic mass is 16.5. The molecule has 2 aromatic carbocycles. The van der Waals surface area contributed by atoms with E-state index in [-0.39, 0.29) is 30.8 Å². The number of nitrogens with one attached hydrogen (secondary N) is 7. The van der Waals surface area contributed by atoms with Crippen molar-refractivity contribution in [2.45, 2.75) is 123 Å². The number of rotatable bonds is 13. The van der Waals surface area contributed by atoms with Crippen LogP contribution in [0, 0.1) is 23.7 Å². The average Bonchev–Trinajstić information content (AvgIpc) is 3.77. The number of aromatic nitrogens is 1. The molecule has 1 aliphatic rings. The molecular formula is C54H72N8O12. The molecule has 20 nitrogen and oxygen atoms in total. The van der Waals surface area contributed by atoms with Gasteiger partial charge in [0.05, 0.1) is 24.0 Å². The van der Waals surface area contributed by atoms with E-state index in [1.807, 2.05) is 68.5 Å². The zero-order valence-corrected chi connectivity index (χ0v) is 43.5. The largest absolute Gasteiger partial charge is 0.480 e. The van der Waals surface area contributed by atoms with Crippen LogP contribution in [0.25, 0.3) is 10.9 Å². The van der Waals surface area contributed by atoms with Gasteiger partial charge in [-0.05, 0) is 56.2 Å². The number of carbonyl (C=O) groups is 9. The van der Waals surface area contributed by atoms with Crippen molar-refractivity contribution in [1.82, 2.24) is 41.8 Å². The molecule has 20 heteroatoms. The van der Waals surface area contributed by atoms with Gasteiger partial charge in [0.15, 0.2) is 0 Å². The lowest BCUT2D eigenvalue weighted by Gasteiger charge is -2.28. The predicted octanol–water partition coefficient (Wildman–Crippen LogP) is 3.29. The van der Waals surface area contributed by atoms with Crippen molar-refractivity contribution >= 4 is 64.2 Å². The lowest BCUT2D eigenvalue weighted by atomic mass is 9.94. The molecule has 9 N–H and O–H groups in total. The maximum atomic E-state index is 14.8. The lowest BCUT2D eigenvalue weighted by Crippen LogP contribution is -2.59. The van der Waals surface area contributed by atoms with Gasteiger partial charge in [-0.2, -0.15) is 0 Å². The molecular weight excluding hydrogens is 953 g/mol. The summed E-state index contributed by atoms with van der Waals surface area (Å²) in [5.41, 5.74) is 2.72. The normalized spacial score (nSPS) is 24.9. The Morgan fingerprint density at radius 2 is 1.41 bits per heavy atom. The molecule has 4 rings (SSSR count). The van der Waals surface area contributed by atoms with Crippen molar-refractivity contribution in [3.05, 3.63) is 108 Å². The number of likely N-dealkylation sites (N-methyl/N-ethyl adjacent to an activating group) is 1. The van der Waals surface area contributed by atoms with Crippen molar-refractivity contribution in [3.8, 4) is 0 Å². The number of carboxylic acid groups (broad SMARTS) is 2. The second kappa shape index (κ2) is 27.4. The summed E-state index contributed by atoms with van der Waals surface area (Å²) >= 11 is 0. The number of hydrogen-bond acceptors (Lipinski definition) is 10. The number of fused-ring (bicyclic) bond motifs is 1. The molecule has 1 saturated heterocycles. The summed E-state index contributed by atoms with van der Waals surface area (Å²) < 4.78 is 5.85. The van der Waals surface area contributed by atoms with Crippen molar-refractivity contribution < 1.29 is 58.1 Å². The van der Waals surface area contributed by atoms with Crippen LogP contribution >= 0.6 is 0 Å². The Kier molecular flexibility index (Phi) is 21.9. The van der Waals surface area contributed by atoms with Gasteiger partial charge in [0.25, 0.3) is 5.91 Å². The summed E-state index contributed by atoms with van der Waals surface area (Å²) in [6.45, 7) is 15.0. The molecule has 10 unspecified atom stereocenters. The SMILES string of the molecule is C=C1C(=O)NC(C)C(=O)NC(CC(C)C)C(=O)NC(C(=O)O)C(C)C(=O)NC(Cc2c[nH]c3ccccc23)C(=O)NC(C=CC(C)=CC(C)C(Cc2ccccc2)OC)C(C)C(=O)NC(C(=O)O)CCC(=O)N1C. The van der Waals surface area contributed by atoms with E-state index in [0.29, 0.717) is 12.0 Å². The van der Waals surface area contributed by atoms with Gasteiger partial charge in [0.1, 0.15) is 35.9 Å². The second-order valence-corrected chi connectivity index (χ2v) is 19.4. The van der Waals surface area contributed by atoms with E-state index in [1.54, 1.807) is 45.4 Å². The molecule has 0 saturated carbocycles. The number of aliphatic carboxylic acids is 2. The summed E-state index contributed by atoms with van der Waals surface area (Å²) in [6.07, 6.45) is 6.26. The Hall–Kier alpha value is -7.61. The molecule has 1 fully saturated rings. The average molecular weight is 1030 g/mol. The first kappa shape index (κ1) is 59.0. The van der Waals surface area contributed by atoms with Crippen LogP contribution in [0.1, 0.15) is 78.9 Å². The Morgan fingerprint density at radius 1 is 0.784 bits per heavy atom. The van der Waals surface area contributed by atoms with Crippen molar-refractivity contribution in [3.63, 3.8) is 0 Å². The molecule has 0 radical (unpaired) electrons. The smallest absolute Gasteiger partial charge is 0.327 e. The highest BCUT2D eigenvalue weighted by Crippen LogP contribution is 2.22. The number of methoxy groups -OCH3 is 1. The third-order valence-corrected chi connectivity index (χ3v) is 13.1. The van der Waals surface area contributed by atoms with Gasteiger partial charge in [-0.15, -0.1) is 0 Å². The minimum atomic E-state index is -1.88. The van der Waals surface area contributed by atoms with Crippen LogP contribution in [0.2, 0.25) is 0 Å². The standard InChI is InChI=1S/C54H72N8O12/c1-29(2)24-42-52(69)61-46(54(72)73)33(6)48(65)59-43(27-37-28-55-40-19-15-14-18-38(37)40)51(68)57-39(21-20-30(3)25-31(4)44(74-10)26-36-16-12-11-13-17-36)32(5)47(64)58-41(53(70)71)22-23-45(63)62(9)35(8)50(67)56-34(7)49(66)60-42/h11-21,25,28-29,31-34,39,41-44,46,55H,8,22-24,26-27H2,1-7,9-10H3,(H,56,67)(H,57,68)(H,58,64)(H,59,65)(H,60,66)(H,61,69)(H,70,71)(H,72,73). The number of carbonyl (C=O) groups excluding carboxylic acids is 7. The molecule has 400 valence electrons. The number of para-hydroxylation sites is 1. The molecule has 1 aromatic heterocycles. The highest BCUT2D eigenvalue weighted by Gasteiger charge is 2.38. The van der Waals surface area contributed by atoms with Crippen molar-refractivity contribution in [1.29, 1.82) is 0 Å². The molecule has 1 aliphatic heterocycles. The number of ether oxygens (including phenoxy) is 1. The Labute approximate surface area is 431 Å². The van der Waals surface area contributed by atoms with E-state index in [4.69, 9.17) is 4.74 Å². The fourth-order valence-corrected chi connectivity index (χ4v) is 8.41. The topological polar surface area (TPSA) is 295 Å². The predicted molar refractivity (Wildman–Crippen MR) is 276 cm³/mol. The fraction of sp³-hybridized carbons (Fsp3) is 0.463. The summed E-state index contributed by atoms with van der Waals surface area (Å²) in [4.78, 5) is 127. The van der Waals surface area contributed by atoms with Crippen LogP contribution in [0.3, 0.4) is 0 Å². The van der Waals surface area contributed by atoms with Gasteiger partial charge in [-0.25, -0.2) is 9.59 Å². The van der Waals surface area contributed by atoms with Crippen LogP contribution < -0.4 is 31.9 Å². The van der Waals surface area contributed by atoms with E-state index in [1.165, 1.54) is 27.8 Å². The number of allylic oxidation sites excluding steroid dienone is 2. The van der Waals surface area contributed by atoms with E-state index >= 15 is 0 Å². The summed E-state index contributed by atoms with van der Waals surface area (Å²) in [6, 6.07) is 8.28. The second-order valence-electron chi connectivity index (χ2n) is 19.4. The molecule has 74 heavy (non-hydrogen) atoms. The molecule has 0 bridgehead atoms. The summed E-state index contributed by atoms with van der Waals surface area (Å²) in [7, 11) is 2.85. The molecule has 2 heterocycles. The lowest BCUT2D eigenvalue weighted by molar-refractivity contribution is -0.146. The minimum absolute atomic E-state index is 0.0149. The molecule has 0 spiro atoms. The van der Waals surface area contributed by atoms with Crippen LogP contribution in [-0.2, 0) is 60.7 Å². The Bertz CT molecular complexity index is 2590. The van der Waals surface area contributed by atoms with Crippen LogP contribution in [0.15, 0.2) is 96.9 Å². The first-order chi connectivity index (χ1) is 34.9. The number of benzene rings is 2. The number of amides is 7. The van der Waals surface area contributed by atoms with Gasteiger partial charge in [-0.3, -0.25) is 33.6 Å². The van der Waals surface area contributed by atoms with E-state index in [0.717, 1.165) is 26.9 Å². The number of carboxylic acids is 2. The van der Waals surface area contributed by atoms with Crippen LogP contribution in [0.4, 0.5) is 0 Å². The number of nitrogens with zero attached hydrogens (tertiary/aromatic N) is 1. The monoisotopic (exact) mass is 1020 g/mol. The van der Waals surface area contributed by atoms with Gasteiger partial charge >= 0.3 is 11.9 Å². The highest BCUT2D eigenvalue weighted by molar-refractivity contribution is 6.00. The van der Waals surface area contributed by atoms with Gasteiger partial charge < -0.3 is 56.7 Å². The third-order valence-electron chi connectivity index (χ3n) is 13.1. The van der Waals surface area contributed by atoms with E-state index in [2.05, 4.69) is 43.5 Å². The van der Waals surface area contributed by atoms with Crippen LogP contribution in [0.5, 0.6) is 0 Å². The van der Waals surface area contributed by atoms with Crippen molar-refractivity contribution in [2.24, 2.45) is 23.7 Å². The quantitative estimate of drug-likeness (QED) is 0.0881. The number of hydrogen-bond donors (Lipinski definition) is 9. The molecule has 7 amide bonds. The number of H-pyrrole nitrogens is 1. The number of aromatic amines is 1. The summed E-state index contributed by atoms with van der Waals surface area (Å²) in [5.74, 6) is -12.2. The molecule has 0 aliphatic carbocycles. The first-order valence-electron chi connectivity index (χ1n) is 24.6. The third kappa shape index (κ3) is 16.7. The Morgan fingerprint density at radius 3 is 2.04 bits per heavy atom. The summed E-state index contributed by atoms with van der Waals surface area (Å²) in [5, 5.41) is 36.8. The fourth-order valence-electron chi connectivity index (χ4n) is 8.41. The van der Waals surface area contributed by atoms with Crippen LogP contribution in [-0.4, -0.2) is 130 Å². The molecule has 3 aromatic rings. The maximum absolute atomic E-state index is 14.8. The van der Waals surface area contributed by atoms with Gasteiger partial charge in [0, 0.05) is 50.0 Å². The van der Waals surface area contributed by atoms with Crippen molar-refractivity contribution in [2.75, 3.05) is 14.2 Å². The maximum Gasteiger partial charge on any atom is 0.327 e. The first-order valence-corrected chi connectivity index (χ1v) is 24.6. The van der Waals surface area contributed by atoms with E-state index < -0.39 is 120 Å². The van der Waals surface area contributed by atoms with Gasteiger partial charge in [0.2, 0.25) is 35.4 Å².